The van der Waals surface area contributed by atoms with Crippen molar-refractivity contribution in [3.05, 3.63) is 0 Å². The van der Waals surface area contributed by atoms with Crippen LogP contribution in [0.2, 0.25) is 0 Å². The number of rotatable bonds is 8. The molecule has 0 bridgehead atoms. The molecule has 3 aliphatic rings. The van der Waals surface area contributed by atoms with Gasteiger partial charge in [-0.3, -0.25) is 4.90 Å². The van der Waals surface area contributed by atoms with Crippen molar-refractivity contribution in [2.45, 2.75) is 130 Å². The molecule has 0 aromatic heterocycles. The Hall–Kier alpha value is -1.78. The average Bonchev–Trinajstić information content (AvgIpc) is 3.78. The molecule has 4 N–H and O–H groups in total. The van der Waals surface area contributed by atoms with E-state index in [0.29, 0.717) is 51.9 Å². The highest BCUT2D eigenvalue weighted by Crippen LogP contribution is 2.17. The van der Waals surface area contributed by atoms with Crippen LogP contribution in [0.3, 0.4) is 0 Å². The third-order valence-electron chi connectivity index (χ3n) is 6.85. The first-order valence-electron chi connectivity index (χ1n) is 17.1. The summed E-state index contributed by atoms with van der Waals surface area (Å²) in [6, 6.07) is -0.248. The highest BCUT2D eigenvalue weighted by molar-refractivity contribution is 5.68. The number of aliphatic hydroxyl groups excluding tert-OH is 3. The fraction of sp³-hybridized carbons (Fsp3) is 0.941. The number of amides is 2. The van der Waals surface area contributed by atoms with E-state index in [1.807, 2.05) is 67.2 Å². The lowest BCUT2D eigenvalue weighted by Crippen LogP contribution is -2.58. The number of carbonyl (C=O) groups excluding carboxylic acids is 2. The molecule has 2 unspecified atom stereocenters. The zero-order valence-corrected chi connectivity index (χ0v) is 31.8. The topological polar surface area (TPSA) is 166 Å². The number of nitrogens with one attached hydrogen (secondary N) is 1. The summed E-state index contributed by atoms with van der Waals surface area (Å²) in [5.74, 6) is 0. The molecule has 3 saturated heterocycles. The number of ether oxygens (including phenoxy) is 5. The van der Waals surface area contributed by atoms with E-state index in [-0.39, 0.29) is 55.3 Å². The van der Waals surface area contributed by atoms with E-state index in [4.69, 9.17) is 28.8 Å². The van der Waals surface area contributed by atoms with E-state index in [0.717, 1.165) is 13.2 Å². The number of hydrogen-bond acceptors (Lipinski definition) is 12. The second kappa shape index (κ2) is 19.6. The predicted molar refractivity (Wildman–Crippen MR) is 184 cm³/mol. The molecule has 0 aromatic carbocycles. The smallest absolute Gasteiger partial charge is 0.410 e. The van der Waals surface area contributed by atoms with Crippen LogP contribution in [-0.2, 0) is 23.7 Å². The van der Waals surface area contributed by atoms with Gasteiger partial charge in [0.2, 0.25) is 0 Å². The number of epoxide rings is 1. The number of hydrogen-bond donors (Lipinski definition) is 4. The van der Waals surface area contributed by atoms with E-state index in [1.165, 1.54) is 0 Å². The number of nitrogens with zero attached hydrogens (tertiary/aromatic N) is 3. The van der Waals surface area contributed by atoms with Gasteiger partial charge in [-0.25, -0.2) is 9.59 Å². The molecule has 3 rings (SSSR count). The second-order valence-corrected chi connectivity index (χ2v) is 16.5. The molecule has 3 aliphatic heterocycles. The summed E-state index contributed by atoms with van der Waals surface area (Å²) in [7, 11) is 0. The molecular formula is C34H68N4O10. The van der Waals surface area contributed by atoms with Gasteiger partial charge >= 0.3 is 12.2 Å². The normalized spacial score (nSPS) is 22.9. The maximum atomic E-state index is 12.2. The van der Waals surface area contributed by atoms with Crippen LogP contribution in [0.5, 0.6) is 0 Å². The molecule has 2 amide bonds. The first-order chi connectivity index (χ1) is 21.9. The van der Waals surface area contributed by atoms with Crippen molar-refractivity contribution in [2.75, 3.05) is 78.8 Å². The van der Waals surface area contributed by atoms with Crippen LogP contribution < -0.4 is 5.32 Å². The number of piperazine rings is 2. The fourth-order valence-electron chi connectivity index (χ4n) is 4.42. The van der Waals surface area contributed by atoms with Gasteiger partial charge in [0.05, 0.1) is 56.4 Å². The van der Waals surface area contributed by atoms with Crippen molar-refractivity contribution in [3.63, 3.8) is 0 Å². The van der Waals surface area contributed by atoms with Gasteiger partial charge in [-0.05, 0) is 83.1 Å². The first-order valence-corrected chi connectivity index (χ1v) is 17.1. The van der Waals surface area contributed by atoms with Crippen LogP contribution in [0.15, 0.2) is 0 Å². The van der Waals surface area contributed by atoms with Gasteiger partial charge in [-0.15, -0.1) is 0 Å². The van der Waals surface area contributed by atoms with Crippen LogP contribution in [-0.4, -0.2) is 168 Å². The summed E-state index contributed by atoms with van der Waals surface area (Å²) in [6.07, 6.45) is -0.907. The molecule has 3 fully saturated rings. The van der Waals surface area contributed by atoms with Gasteiger partial charge in [0, 0.05) is 51.9 Å². The maximum absolute atomic E-state index is 12.2. The third-order valence-corrected chi connectivity index (χ3v) is 6.85. The Morgan fingerprint density at radius 2 is 1.29 bits per heavy atom. The number of aliphatic hydroxyl groups is 3. The Kier molecular flexibility index (Phi) is 18.0. The lowest BCUT2D eigenvalue weighted by atomic mass is 10.1. The zero-order chi connectivity index (χ0) is 36.9. The number of β-amino-alcohol motifs (C(OH)–C–C–N with tert-alkyl or cyclic N) is 1. The molecule has 284 valence electrons. The van der Waals surface area contributed by atoms with Gasteiger partial charge in [0.15, 0.2) is 0 Å². The van der Waals surface area contributed by atoms with Crippen LogP contribution in [0.25, 0.3) is 0 Å². The predicted octanol–water partition coefficient (Wildman–Crippen LogP) is 2.46. The van der Waals surface area contributed by atoms with Crippen LogP contribution in [0.4, 0.5) is 9.59 Å². The molecule has 48 heavy (non-hydrogen) atoms. The molecule has 3 heterocycles. The van der Waals surface area contributed by atoms with Crippen molar-refractivity contribution < 1.29 is 48.6 Å². The summed E-state index contributed by atoms with van der Waals surface area (Å²) in [6.45, 7) is 28.6. The fourth-order valence-corrected chi connectivity index (χ4v) is 4.42. The Morgan fingerprint density at radius 3 is 1.73 bits per heavy atom. The highest BCUT2D eigenvalue weighted by atomic mass is 16.6. The third kappa shape index (κ3) is 21.3. The number of carbonyl (C=O) groups is 2. The van der Waals surface area contributed by atoms with E-state index < -0.39 is 17.3 Å². The Morgan fingerprint density at radius 1 is 0.771 bits per heavy atom. The summed E-state index contributed by atoms with van der Waals surface area (Å²) in [5.41, 5.74) is -1.31. The molecule has 0 aliphatic carbocycles. The lowest BCUT2D eigenvalue weighted by molar-refractivity contribution is -0.0674. The molecule has 4 atom stereocenters. The molecule has 14 heteroatoms. The first kappa shape index (κ1) is 44.2. The van der Waals surface area contributed by atoms with E-state index >= 15 is 0 Å². The van der Waals surface area contributed by atoms with Crippen molar-refractivity contribution >= 4 is 12.2 Å². The van der Waals surface area contributed by atoms with Gasteiger partial charge in [-0.2, -0.15) is 0 Å². The average molecular weight is 693 g/mol. The molecule has 0 radical (unpaired) electrons. The Bertz CT molecular complexity index is 938. The molecule has 14 nitrogen and oxygen atoms in total. The molecule has 0 aromatic rings. The SMILES string of the molecule is CC(C)(C)OC(=O)N1CCN[C@H](CO)C1.CC(C)(C)OCC(O)CN1CCN(C(=O)OC(C)(C)C)C[C@H]1CO.CC(C)(C)OCC1CO1. The van der Waals surface area contributed by atoms with Gasteiger partial charge in [-0.1, -0.05) is 0 Å². The summed E-state index contributed by atoms with van der Waals surface area (Å²) >= 11 is 0. The van der Waals surface area contributed by atoms with Gasteiger partial charge in [0.25, 0.3) is 0 Å². The monoisotopic (exact) mass is 692 g/mol. The van der Waals surface area contributed by atoms with Crippen LogP contribution in [0, 0.1) is 0 Å². The summed E-state index contributed by atoms with van der Waals surface area (Å²) in [5, 5.41) is 31.9. The molecule has 0 saturated carbocycles. The largest absolute Gasteiger partial charge is 0.444 e. The second-order valence-electron chi connectivity index (χ2n) is 16.5. The van der Waals surface area contributed by atoms with Gasteiger partial charge < -0.3 is 54.1 Å². The van der Waals surface area contributed by atoms with Crippen molar-refractivity contribution in [1.29, 1.82) is 0 Å². The Balaban J connectivity index is 0.000000404. The van der Waals surface area contributed by atoms with E-state index in [1.54, 1.807) is 9.80 Å². The maximum Gasteiger partial charge on any atom is 0.410 e. The van der Waals surface area contributed by atoms with Crippen molar-refractivity contribution in [1.82, 2.24) is 20.0 Å². The summed E-state index contributed by atoms with van der Waals surface area (Å²) in [4.78, 5) is 29.1. The standard InChI is InChI=1S/C17H34N2O5.C10H20N2O3.C7H14O2/c1-16(2,3)23-12-14(21)10-18-7-8-19(9-13(18)11-20)15(22)24-17(4,5)6;1-10(2,3)15-9(14)12-5-4-11-8(6-12)7-13;1-7(2,3)9-5-6-4-8-6/h13-14,20-21H,7-12H2,1-6H3;8,11,13H,4-7H2,1-3H3;6H,4-5H2,1-3H3/t13-,14?;8-;/m00./s1. The molecule has 0 spiro atoms. The lowest BCUT2D eigenvalue weighted by Gasteiger charge is -2.41. The van der Waals surface area contributed by atoms with Crippen molar-refractivity contribution in [3.8, 4) is 0 Å². The van der Waals surface area contributed by atoms with Crippen molar-refractivity contribution in [2.24, 2.45) is 0 Å². The van der Waals surface area contributed by atoms with Gasteiger partial charge in [0.1, 0.15) is 17.3 Å². The minimum absolute atomic E-state index is 0.00799. The highest BCUT2D eigenvalue weighted by Gasteiger charge is 2.33. The van der Waals surface area contributed by atoms with E-state index in [2.05, 4.69) is 26.1 Å². The zero-order valence-electron chi connectivity index (χ0n) is 31.8. The quantitative estimate of drug-likeness (QED) is 0.275. The minimum Gasteiger partial charge on any atom is -0.444 e. The van der Waals surface area contributed by atoms with Crippen LogP contribution in [0.1, 0.15) is 83.1 Å². The minimum atomic E-state index is -0.633. The molecular weight excluding hydrogens is 624 g/mol. The van der Waals surface area contributed by atoms with E-state index in [9.17, 15) is 19.8 Å². The van der Waals surface area contributed by atoms with Crippen LogP contribution >= 0.6 is 0 Å². The summed E-state index contributed by atoms with van der Waals surface area (Å²) < 4.78 is 26.6. The Labute approximate surface area is 289 Å².